The van der Waals surface area contributed by atoms with Crippen LogP contribution in [0.4, 0.5) is 10.1 Å². The second kappa shape index (κ2) is 9.08. The number of carbonyl (C=O) groups is 1. The molecule has 0 aliphatic heterocycles. The van der Waals surface area contributed by atoms with Gasteiger partial charge in [0.15, 0.2) is 0 Å². The maximum Gasteiger partial charge on any atom is 0.307 e. The lowest BCUT2D eigenvalue weighted by atomic mass is 9.89. The van der Waals surface area contributed by atoms with Gasteiger partial charge in [-0.2, -0.15) is 0 Å². The minimum absolute atomic E-state index is 0.0467. The summed E-state index contributed by atoms with van der Waals surface area (Å²) < 4.78 is 42.5. The number of halogens is 2. The van der Waals surface area contributed by atoms with Crippen LogP contribution in [0.15, 0.2) is 71.6 Å². The van der Waals surface area contributed by atoms with Crippen molar-refractivity contribution in [1.82, 2.24) is 0 Å². The smallest absolute Gasteiger partial charge is 0.307 e. The summed E-state index contributed by atoms with van der Waals surface area (Å²) in [5.74, 6) is -1.39. The lowest BCUT2D eigenvalue weighted by molar-refractivity contribution is -0.136. The van der Waals surface area contributed by atoms with Crippen LogP contribution in [0.1, 0.15) is 16.7 Å². The molecule has 0 saturated heterocycles. The van der Waals surface area contributed by atoms with Gasteiger partial charge in [0.05, 0.1) is 17.0 Å². The third kappa shape index (κ3) is 4.62. The molecule has 4 aromatic carbocycles. The Morgan fingerprint density at radius 1 is 1.00 bits per heavy atom. The molecule has 4 rings (SSSR count). The highest BCUT2D eigenvalue weighted by Gasteiger charge is 2.18. The van der Waals surface area contributed by atoms with E-state index in [9.17, 15) is 22.7 Å². The molecule has 34 heavy (non-hydrogen) atoms. The van der Waals surface area contributed by atoms with Gasteiger partial charge < -0.3 is 5.11 Å². The molecular formula is C26H21ClFNO4S. The van der Waals surface area contributed by atoms with Crippen LogP contribution < -0.4 is 4.72 Å². The van der Waals surface area contributed by atoms with Crippen molar-refractivity contribution >= 4 is 44.1 Å². The van der Waals surface area contributed by atoms with E-state index in [1.54, 1.807) is 56.3 Å². The number of sulfonamides is 1. The van der Waals surface area contributed by atoms with E-state index < -0.39 is 21.8 Å². The van der Waals surface area contributed by atoms with Crippen molar-refractivity contribution in [1.29, 1.82) is 0 Å². The van der Waals surface area contributed by atoms with Crippen molar-refractivity contribution in [3.63, 3.8) is 0 Å². The van der Waals surface area contributed by atoms with Crippen molar-refractivity contribution in [2.45, 2.75) is 25.2 Å². The SMILES string of the molecule is Cc1c(Cl)cccc1NS(=O)(=O)c1ccc(-c2c(C)c(CC(=O)O)cc3ccc(F)cc23)cc1. The zero-order valence-corrected chi connectivity index (χ0v) is 20.0. The summed E-state index contributed by atoms with van der Waals surface area (Å²) >= 11 is 6.10. The first kappa shape index (κ1) is 23.7. The van der Waals surface area contributed by atoms with Gasteiger partial charge in [0.25, 0.3) is 10.0 Å². The number of anilines is 1. The highest BCUT2D eigenvalue weighted by atomic mass is 35.5. The van der Waals surface area contributed by atoms with Crippen LogP contribution in [0, 0.1) is 19.7 Å². The third-order valence-electron chi connectivity index (χ3n) is 5.78. The molecule has 2 N–H and O–H groups in total. The van der Waals surface area contributed by atoms with Gasteiger partial charge >= 0.3 is 5.97 Å². The predicted octanol–water partition coefficient (Wildman–Crippen LogP) is 6.34. The molecule has 174 valence electrons. The van der Waals surface area contributed by atoms with E-state index in [1.165, 1.54) is 24.3 Å². The van der Waals surface area contributed by atoms with Crippen LogP contribution in [0.2, 0.25) is 5.02 Å². The number of carboxylic acid groups (broad SMARTS) is 1. The molecule has 0 spiro atoms. The molecule has 0 saturated carbocycles. The van der Waals surface area contributed by atoms with Crippen LogP contribution in [-0.2, 0) is 21.2 Å². The summed E-state index contributed by atoms with van der Waals surface area (Å²) in [5, 5.41) is 11.1. The fourth-order valence-corrected chi connectivity index (χ4v) is 5.27. The Labute approximate surface area is 201 Å². The standard InChI is InChI=1S/C26H21ClFNO4S/c1-15-19(13-25(30)31)12-18-6-9-20(28)14-22(18)26(15)17-7-10-21(11-8-17)34(32,33)29-24-5-3-4-23(27)16(24)2/h3-12,14,29H,13H2,1-2H3,(H,30,31). The molecule has 0 bridgehead atoms. The molecule has 0 atom stereocenters. The van der Waals surface area contributed by atoms with E-state index in [1.807, 2.05) is 0 Å². The van der Waals surface area contributed by atoms with Crippen molar-refractivity contribution in [3.05, 3.63) is 94.3 Å². The maximum absolute atomic E-state index is 14.1. The molecular weight excluding hydrogens is 477 g/mol. The molecule has 0 aliphatic carbocycles. The van der Waals surface area contributed by atoms with Gasteiger partial charge in [-0.15, -0.1) is 0 Å². The molecule has 5 nitrogen and oxygen atoms in total. The number of hydrogen-bond acceptors (Lipinski definition) is 3. The fraction of sp³-hybridized carbons (Fsp3) is 0.115. The second-order valence-electron chi connectivity index (χ2n) is 8.01. The third-order valence-corrected chi connectivity index (χ3v) is 7.57. The maximum atomic E-state index is 14.1. The number of benzene rings is 4. The molecule has 8 heteroatoms. The Bertz CT molecular complexity index is 1530. The van der Waals surface area contributed by atoms with Gasteiger partial charge in [0.2, 0.25) is 0 Å². The zero-order valence-electron chi connectivity index (χ0n) is 18.4. The van der Waals surface area contributed by atoms with E-state index >= 15 is 0 Å². The average Bonchev–Trinajstić information content (AvgIpc) is 2.77. The van der Waals surface area contributed by atoms with Crippen molar-refractivity contribution in [3.8, 4) is 11.1 Å². The summed E-state index contributed by atoms with van der Waals surface area (Å²) in [4.78, 5) is 11.4. The minimum atomic E-state index is -3.88. The summed E-state index contributed by atoms with van der Waals surface area (Å²) in [7, 11) is -3.88. The van der Waals surface area contributed by atoms with E-state index in [2.05, 4.69) is 4.72 Å². The molecule has 0 radical (unpaired) electrons. The molecule has 0 fully saturated rings. The largest absolute Gasteiger partial charge is 0.481 e. The van der Waals surface area contributed by atoms with Crippen LogP contribution >= 0.6 is 11.6 Å². The van der Waals surface area contributed by atoms with E-state index in [4.69, 9.17) is 11.6 Å². The Morgan fingerprint density at radius 2 is 1.71 bits per heavy atom. The molecule has 0 amide bonds. The monoisotopic (exact) mass is 497 g/mol. The topological polar surface area (TPSA) is 83.5 Å². The number of carboxylic acids is 1. The molecule has 0 unspecified atom stereocenters. The first-order valence-electron chi connectivity index (χ1n) is 10.4. The van der Waals surface area contributed by atoms with Gasteiger partial charge in [-0.1, -0.05) is 41.9 Å². The van der Waals surface area contributed by atoms with Crippen molar-refractivity contribution in [2.75, 3.05) is 4.72 Å². The highest BCUT2D eigenvalue weighted by Crippen LogP contribution is 2.36. The van der Waals surface area contributed by atoms with E-state index in [-0.39, 0.29) is 11.3 Å². The fourth-order valence-electron chi connectivity index (χ4n) is 3.97. The lowest BCUT2D eigenvalue weighted by Crippen LogP contribution is -2.13. The van der Waals surface area contributed by atoms with Gasteiger partial charge in [-0.25, -0.2) is 12.8 Å². The lowest BCUT2D eigenvalue weighted by Gasteiger charge is -2.16. The van der Waals surface area contributed by atoms with Crippen LogP contribution in [-0.4, -0.2) is 19.5 Å². The van der Waals surface area contributed by atoms with Gasteiger partial charge in [0, 0.05) is 5.02 Å². The zero-order chi connectivity index (χ0) is 24.6. The summed E-state index contributed by atoms with van der Waals surface area (Å²) in [5.41, 5.74) is 3.62. The second-order valence-corrected chi connectivity index (χ2v) is 10.1. The van der Waals surface area contributed by atoms with Crippen molar-refractivity contribution < 1.29 is 22.7 Å². The Kier molecular flexibility index (Phi) is 6.34. The Morgan fingerprint density at radius 3 is 2.38 bits per heavy atom. The summed E-state index contributed by atoms with van der Waals surface area (Å²) in [6.07, 6.45) is -0.179. The molecule has 0 aliphatic rings. The molecule has 4 aromatic rings. The first-order chi connectivity index (χ1) is 16.1. The van der Waals surface area contributed by atoms with Gasteiger partial charge in [0.1, 0.15) is 5.82 Å². The number of fused-ring (bicyclic) bond motifs is 1. The number of nitrogens with one attached hydrogen (secondary N) is 1. The Balaban J connectivity index is 1.79. The number of rotatable bonds is 6. The number of hydrogen-bond donors (Lipinski definition) is 2. The highest BCUT2D eigenvalue weighted by molar-refractivity contribution is 7.92. The van der Waals surface area contributed by atoms with Gasteiger partial charge in [-0.05, 0) is 88.8 Å². The summed E-state index contributed by atoms with van der Waals surface area (Å²) in [6.45, 7) is 3.51. The molecule has 0 aromatic heterocycles. The molecule has 0 heterocycles. The average molecular weight is 498 g/mol. The predicted molar refractivity (Wildman–Crippen MR) is 132 cm³/mol. The van der Waals surface area contributed by atoms with Crippen molar-refractivity contribution in [2.24, 2.45) is 0 Å². The summed E-state index contributed by atoms with van der Waals surface area (Å²) in [6, 6.07) is 17.2. The van der Waals surface area contributed by atoms with Crippen LogP contribution in [0.25, 0.3) is 21.9 Å². The van der Waals surface area contributed by atoms with Crippen LogP contribution in [0.3, 0.4) is 0 Å². The van der Waals surface area contributed by atoms with Gasteiger partial charge in [-0.3, -0.25) is 9.52 Å². The van der Waals surface area contributed by atoms with E-state index in [0.29, 0.717) is 49.3 Å². The van der Waals surface area contributed by atoms with Crippen LogP contribution in [0.5, 0.6) is 0 Å². The Hall–Kier alpha value is -3.42. The minimum Gasteiger partial charge on any atom is -0.481 e. The van der Waals surface area contributed by atoms with E-state index in [0.717, 1.165) is 0 Å². The quantitative estimate of drug-likeness (QED) is 0.325. The first-order valence-corrected chi connectivity index (χ1v) is 12.2. The normalized spacial score (nSPS) is 11.5. The number of aliphatic carboxylic acids is 1.